The SMILES string of the molecule is Cc1ccc(NC(=O)N2CCC[C@H](C)[C@H]2C)cc1NS(C)(=O)=O. The molecule has 1 fully saturated rings. The van der Waals surface area contributed by atoms with Gasteiger partial charge in [-0.25, -0.2) is 13.2 Å². The summed E-state index contributed by atoms with van der Waals surface area (Å²) in [5.41, 5.74) is 1.86. The highest BCUT2D eigenvalue weighted by Gasteiger charge is 2.28. The van der Waals surface area contributed by atoms with Gasteiger partial charge in [-0.2, -0.15) is 0 Å². The summed E-state index contributed by atoms with van der Waals surface area (Å²) in [4.78, 5) is 14.3. The average Bonchev–Trinajstić information content (AvgIpc) is 2.44. The van der Waals surface area contributed by atoms with Gasteiger partial charge < -0.3 is 10.2 Å². The van der Waals surface area contributed by atoms with Gasteiger partial charge in [-0.15, -0.1) is 0 Å². The standard InChI is InChI=1S/C16H25N3O3S/c1-11-6-5-9-19(13(11)3)16(20)17-14-8-7-12(2)15(10-14)18-23(4,21)22/h7-8,10-11,13,18H,5-6,9H2,1-4H3,(H,17,20)/t11-,13+/m0/s1. The van der Waals surface area contributed by atoms with Crippen LogP contribution >= 0.6 is 0 Å². The number of amides is 2. The second-order valence-corrected chi connectivity index (χ2v) is 8.14. The monoisotopic (exact) mass is 339 g/mol. The number of nitrogens with one attached hydrogen (secondary N) is 2. The van der Waals surface area contributed by atoms with Crippen molar-refractivity contribution in [2.24, 2.45) is 5.92 Å². The minimum atomic E-state index is -3.35. The van der Waals surface area contributed by atoms with Crippen molar-refractivity contribution in [3.8, 4) is 0 Å². The number of piperidine rings is 1. The first kappa shape index (κ1) is 17.6. The first-order chi connectivity index (χ1) is 10.7. The number of urea groups is 1. The number of hydrogen-bond acceptors (Lipinski definition) is 3. The average molecular weight is 339 g/mol. The minimum Gasteiger partial charge on any atom is -0.322 e. The molecule has 7 heteroatoms. The van der Waals surface area contributed by atoms with E-state index in [9.17, 15) is 13.2 Å². The zero-order valence-electron chi connectivity index (χ0n) is 14.1. The third-order valence-corrected chi connectivity index (χ3v) is 5.01. The fourth-order valence-electron chi connectivity index (χ4n) is 2.83. The van der Waals surface area contributed by atoms with Crippen molar-refractivity contribution in [2.75, 3.05) is 22.8 Å². The number of benzene rings is 1. The maximum Gasteiger partial charge on any atom is 0.322 e. The zero-order valence-corrected chi connectivity index (χ0v) is 14.9. The molecule has 1 aromatic carbocycles. The molecule has 1 saturated heterocycles. The van der Waals surface area contributed by atoms with Crippen LogP contribution in [0.5, 0.6) is 0 Å². The Labute approximate surface area is 138 Å². The maximum atomic E-state index is 12.5. The van der Waals surface area contributed by atoms with Gasteiger partial charge in [-0.3, -0.25) is 4.72 Å². The summed E-state index contributed by atoms with van der Waals surface area (Å²) < 4.78 is 25.3. The lowest BCUT2D eigenvalue weighted by atomic mass is 9.92. The van der Waals surface area contributed by atoms with Crippen molar-refractivity contribution in [3.63, 3.8) is 0 Å². The second kappa shape index (κ2) is 6.78. The first-order valence-corrected chi connectivity index (χ1v) is 9.72. The van der Waals surface area contributed by atoms with Gasteiger partial charge in [0.25, 0.3) is 0 Å². The van der Waals surface area contributed by atoms with Gasteiger partial charge >= 0.3 is 6.03 Å². The molecule has 6 nitrogen and oxygen atoms in total. The molecule has 1 aliphatic rings. The van der Waals surface area contributed by atoms with E-state index in [2.05, 4.69) is 23.9 Å². The molecule has 1 aliphatic heterocycles. The van der Waals surface area contributed by atoms with Gasteiger partial charge in [0, 0.05) is 18.3 Å². The molecule has 1 aromatic rings. The van der Waals surface area contributed by atoms with Gasteiger partial charge in [0.05, 0.1) is 11.9 Å². The number of nitrogens with zero attached hydrogens (tertiary/aromatic N) is 1. The fraction of sp³-hybridized carbons (Fsp3) is 0.562. The van der Waals surface area contributed by atoms with Crippen molar-refractivity contribution in [2.45, 2.75) is 39.7 Å². The molecule has 0 unspecified atom stereocenters. The molecular formula is C16H25N3O3S. The Hall–Kier alpha value is -1.76. The zero-order chi connectivity index (χ0) is 17.2. The summed E-state index contributed by atoms with van der Waals surface area (Å²) in [5.74, 6) is 0.481. The largest absolute Gasteiger partial charge is 0.322 e. The van der Waals surface area contributed by atoms with Crippen LogP contribution in [-0.4, -0.2) is 38.2 Å². The minimum absolute atomic E-state index is 0.141. The molecule has 0 spiro atoms. The van der Waals surface area contributed by atoms with E-state index in [0.29, 0.717) is 17.3 Å². The molecule has 0 radical (unpaired) electrons. The highest BCUT2D eigenvalue weighted by Crippen LogP contribution is 2.25. The van der Waals surface area contributed by atoms with E-state index in [0.717, 1.165) is 31.2 Å². The quantitative estimate of drug-likeness (QED) is 0.888. The number of carbonyl (C=O) groups is 1. The van der Waals surface area contributed by atoms with Crippen LogP contribution in [0, 0.1) is 12.8 Å². The molecule has 2 amide bonds. The van der Waals surface area contributed by atoms with E-state index < -0.39 is 10.0 Å². The number of likely N-dealkylation sites (tertiary alicyclic amines) is 1. The second-order valence-electron chi connectivity index (χ2n) is 6.39. The van der Waals surface area contributed by atoms with Crippen LogP contribution < -0.4 is 10.0 Å². The third-order valence-electron chi connectivity index (χ3n) is 4.42. The van der Waals surface area contributed by atoms with E-state index in [1.165, 1.54) is 0 Å². The lowest BCUT2D eigenvalue weighted by Gasteiger charge is -2.37. The first-order valence-electron chi connectivity index (χ1n) is 7.83. The van der Waals surface area contributed by atoms with Crippen molar-refractivity contribution < 1.29 is 13.2 Å². The Kier molecular flexibility index (Phi) is 5.19. The van der Waals surface area contributed by atoms with Crippen LogP contribution in [0.1, 0.15) is 32.3 Å². The summed E-state index contributed by atoms with van der Waals surface area (Å²) in [6.07, 6.45) is 3.25. The van der Waals surface area contributed by atoms with Crippen LogP contribution in [0.3, 0.4) is 0 Å². The molecule has 2 atom stereocenters. The summed E-state index contributed by atoms with van der Waals surface area (Å²) in [6.45, 7) is 6.78. The van der Waals surface area contributed by atoms with E-state index in [-0.39, 0.29) is 12.1 Å². The number of hydrogen-bond donors (Lipinski definition) is 2. The fourth-order valence-corrected chi connectivity index (χ4v) is 3.45. The molecule has 2 N–H and O–H groups in total. The van der Waals surface area contributed by atoms with Crippen LogP contribution in [0.2, 0.25) is 0 Å². The highest BCUT2D eigenvalue weighted by atomic mass is 32.2. The summed E-state index contributed by atoms with van der Waals surface area (Å²) >= 11 is 0. The van der Waals surface area contributed by atoms with Crippen LogP contribution in [0.4, 0.5) is 16.2 Å². The molecule has 0 aliphatic carbocycles. The Morgan fingerprint density at radius 3 is 2.65 bits per heavy atom. The van der Waals surface area contributed by atoms with Gasteiger partial charge in [0.15, 0.2) is 0 Å². The third kappa shape index (κ3) is 4.60. The lowest BCUT2D eigenvalue weighted by molar-refractivity contribution is 0.139. The summed E-state index contributed by atoms with van der Waals surface area (Å²) in [6, 6.07) is 5.26. The molecule has 0 saturated carbocycles. The Morgan fingerprint density at radius 2 is 2.00 bits per heavy atom. The van der Waals surface area contributed by atoms with Gasteiger partial charge in [-0.05, 0) is 50.3 Å². The summed E-state index contributed by atoms with van der Waals surface area (Å²) in [7, 11) is -3.35. The highest BCUT2D eigenvalue weighted by molar-refractivity contribution is 7.92. The number of sulfonamides is 1. The van der Waals surface area contributed by atoms with Gasteiger partial charge in [0.1, 0.15) is 0 Å². The van der Waals surface area contributed by atoms with Crippen LogP contribution in [0.25, 0.3) is 0 Å². The van der Waals surface area contributed by atoms with Crippen molar-refractivity contribution in [3.05, 3.63) is 23.8 Å². The maximum absolute atomic E-state index is 12.5. The number of rotatable bonds is 3. The molecular weight excluding hydrogens is 314 g/mol. The van der Waals surface area contributed by atoms with Crippen molar-refractivity contribution in [1.29, 1.82) is 0 Å². The topological polar surface area (TPSA) is 78.5 Å². The predicted molar refractivity (Wildman–Crippen MR) is 93.2 cm³/mol. The molecule has 0 bridgehead atoms. The smallest absolute Gasteiger partial charge is 0.322 e. The van der Waals surface area contributed by atoms with E-state index >= 15 is 0 Å². The molecule has 2 rings (SSSR count). The van der Waals surface area contributed by atoms with Gasteiger partial charge in [-0.1, -0.05) is 13.0 Å². The molecule has 0 aromatic heterocycles. The van der Waals surface area contributed by atoms with Crippen LogP contribution in [0.15, 0.2) is 18.2 Å². The molecule has 128 valence electrons. The predicted octanol–water partition coefficient (Wildman–Crippen LogP) is 3.02. The van der Waals surface area contributed by atoms with E-state index in [4.69, 9.17) is 0 Å². The molecule has 1 heterocycles. The Morgan fingerprint density at radius 1 is 1.30 bits per heavy atom. The van der Waals surface area contributed by atoms with E-state index in [1.807, 2.05) is 11.8 Å². The van der Waals surface area contributed by atoms with Crippen molar-refractivity contribution >= 4 is 27.4 Å². The summed E-state index contributed by atoms with van der Waals surface area (Å²) in [5, 5.41) is 2.87. The lowest BCUT2D eigenvalue weighted by Crippen LogP contribution is -2.47. The number of anilines is 2. The van der Waals surface area contributed by atoms with Crippen LogP contribution in [-0.2, 0) is 10.0 Å². The Bertz CT molecular complexity index is 688. The normalized spacial score (nSPS) is 21.8. The van der Waals surface area contributed by atoms with E-state index in [1.54, 1.807) is 18.2 Å². The van der Waals surface area contributed by atoms with Gasteiger partial charge in [0.2, 0.25) is 10.0 Å². The molecule has 23 heavy (non-hydrogen) atoms. The Balaban J connectivity index is 2.13. The number of carbonyl (C=O) groups excluding carboxylic acids is 1. The van der Waals surface area contributed by atoms with Crippen molar-refractivity contribution in [1.82, 2.24) is 4.90 Å². The number of aryl methyl sites for hydroxylation is 1.